The van der Waals surface area contributed by atoms with Crippen molar-refractivity contribution in [3.8, 4) is 0 Å². The normalized spacial score (nSPS) is 15.3. The number of amides is 2. The Hall–Kier alpha value is -3.39. The molecule has 1 aliphatic rings. The van der Waals surface area contributed by atoms with E-state index in [1.165, 1.54) is 4.90 Å². The molecule has 0 bridgehead atoms. The van der Waals surface area contributed by atoms with Gasteiger partial charge in [0, 0.05) is 24.2 Å². The zero-order chi connectivity index (χ0) is 21.3. The number of furan rings is 1. The molecule has 0 saturated carbocycles. The minimum atomic E-state index is -0.177. The van der Waals surface area contributed by atoms with Crippen LogP contribution in [-0.4, -0.2) is 33.4 Å². The molecule has 7 nitrogen and oxygen atoms in total. The Kier molecular flexibility index (Phi) is 5.41. The van der Waals surface area contributed by atoms with Crippen molar-refractivity contribution in [3.63, 3.8) is 0 Å². The number of benzene rings is 1. The first-order valence-corrected chi connectivity index (χ1v) is 10.1. The molecule has 4 rings (SSSR count). The molecular formula is C22H22N4O3S. The summed E-state index contributed by atoms with van der Waals surface area (Å²) in [6.45, 7) is 2.58. The van der Waals surface area contributed by atoms with E-state index in [9.17, 15) is 9.59 Å². The number of hydrogen-bond acceptors (Lipinski definition) is 4. The van der Waals surface area contributed by atoms with Crippen molar-refractivity contribution < 1.29 is 14.0 Å². The third-order valence-electron chi connectivity index (χ3n) is 5.13. The molecular weight excluding hydrogens is 400 g/mol. The number of likely N-dealkylation sites (N-methyl/N-ethyl adjacent to an activating group) is 1. The van der Waals surface area contributed by atoms with Gasteiger partial charge in [-0.05, 0) is 42.4 Å². The van der Waals surface area contributed by atoms with Crippen LogP contribution < -0.4 is 10.6 Å². The summed E-state index contributed by atoms with van der Waals surface area (Å²) in [5.41, 5.74) is 3.40. The summed E-state index contributed by atoms with van der Waals surface area (Å²) in [7, 11) is 1.64. The van der Waals surface area contributed by atoms with E-state index in [1.54, 1.807) is 25.5 Å². The van der Waals surface area contributed by atoms with Crippen molar-refractivity contribution in [1.82, 2.24) is 20.1 Å². The zero-order valence-corrected chi connectivity index (χ0v) is 17.6. The Labute approximate surface area is 179 Å². The second kappa shape index (κ2) is 8.16. The lowest BCUT2D eigenvalue weighted by Gasteiger charge is -2.09. The van der Waals surface area contributed by atoms with E-state index in [0.717, 1.165) is 28.5 Å². The van der Waals surface area contributed by atoms with Crippen LogP contribution in [0.15, 0.2) is 52.9 Å². The third kappa shape index (κ3) is 3.73. The molecule has 2 N–H and O–H groups in total. The van der Waals surface area contributed by atoms with Crippen molar-refractivity contribution in [3.05, 3.63) is 65.4 Å². The maximum Gasteiger partial charge on any atom is 0.276 e. The smallest absolute Gasteiger partial charge is 0.276 e. The van der Waals surface area contributed by atoms with Crippen LogP contribution in [-0.2, 0) is 29.1 Å². The molecule has 2 amide bonds. The van der Waals surface area contributed by atoms with E-state index in [4.69, 9.17) is 16.6 Å². The Morgan fingerprint density at radius 1 is 1.30 bits per heavy atom. The summed E-state index contributed by atoms with van der Waals surface area (Å²) < 4.78 is 7.19. The molecule has 1 aliphatic heterocycles. The number of rotatable bonds is 6. The molecule has 3 aromatic rings. The number of carbonyl (C=O) groups excluding carboxylic acids is 2. The minimum absolute atomic E-state index is 0.121. The molecule has 8 heteroatoms. The molecule has 3 heterocycles. The quantitative estimate of drug-likeness (QED) is 0.472. The zero-order valence-electron chi connectivity index (χ0n) is 16.8. The van der Waals surface area contributed by atoms with Gasteiger partial charge in [0.1, 0.15) is 18.0 Å². The number of aryl methyl sites for hydroxylation is 1. The molecule has 1 aromatic carbocycles. The Bertz CT molecular complexity index is 1160. The van der Waals surface area contributed by atoms with Crippen LogP contribution in [0.3, 0.4) is 0 Å². The summed E-state index contributed by atoms with van der Waals surface area (Å²) in [4.78, 5) is 26.4. The summed E-state index contributed by atoms with van der Waals surface area (Å²) in [5, 5.41) is 7.19. The predicted octanol–water partition coefficient (Wildman–Crippen LogP) is 2.80. The molecule has 0 unspecified atom stereocenters. The van der Waals surface area contributed by atoms with E-state index in [-0.39, 0.29) is 18.4 Å². The van der Waals surface area contributed by atoms with E-state index >= 15 is 0 Å². The van der Waals surface area contributed by atoms with Gasteiger partial charge in [-0.25, -0.2) is 0 Å². The second-order valence-corrected chi connectivity index (χ2v) is 7.47. The Morgan fingerprint density at radius 3 is 2.80 bits per heavy atom. The maximum atomic E-state index is 12.6. The van der Waals surface area contributed by atoms with Gasteiger partial charge in [0.15, 0.2) is 5.11 Å². The summed E-state index contributed by atoms with van der Waals surface area (Å²) in [6.07, 6.45) is 6.10. The van der Waals surface area contributed by atoms with Crippen molar-refractivity contribution in [2.24, 2.45) is 0 Å². The lowest BCUT2D eigenvalue weighted by atomic mass is 10.1. The van der Waals surface area contributed by atoms with Gasteiger partial charge >= 0.3 is 0 Å². The minimum Gasteiger partial charge on any atom is -0.467 e. The van der Waals surface area contributed by atoms with Crippen LogP contribution in [0.4, 0.5) is 0 Å². The van der Waals surface area contributed by atoms with Gasteiger partial charge in [-0.2, -0.15) is 0 Å². The fraction of sp³-hybridized carbons (Fsp3) is 0.227. The molecule has 154 valence electrons. The SMILES string of the molecule is CCc1cccc2c(/C=C3\NC(=S)N(C)C3=O)cn(CC(=O)NCc3ccco3)c12. The van der Waals surface area contributed by atoms with Crippen molar-refractivity contribution in [1.29, 1.82) is 0 Å². The first kappa shape index (κ1) is 19.9. The summed E-state index contributed by atoms with van der Waals surface area (Å²) in [6, 6.07) is 9.65. The number of fused-ring (bicyclic) bond motifs is 1. The summed E-state index contributed by atoms with van der Waals surface area (Å²) in [5.74, 6) is 0.402. The van der Waals surface area contributed by atoms with E-state index < -0.39 is 0 Å². The summed E-state index contributed by atoms with van der Waals surface area (Å²) >= 11 is 5.16. The fourth-order valence-corrected chi connectivity index (χ4v) is 3.77. The highest BCUT2D eigenvalue weighted by atomic mass is 32.1. The van der Waals surface area contributed by atoms with Crippen LogP contribution in [0.1, 0.15) is 23.8 Å². The highest BCUT2D eigenvalue weighted by Gasteiger charge is 2.27. The monoisotopic (exact) mass is 422 g/mol. The molecule has 0 atom stereocenters. The van der Waals surface area contributed by atoms with Crippen LogP contribution >= 0.6 is 12.2 Å². The number of nitrogens with one attached hydrogen (secondary N) is 2. The Balaban J connectivity index is 1.67. The van der Waals surface area contributed by atoms with Crippen molar-refractivity contribution >= 4 is 46.1 Å². The van der Waals surface area contributed by atoms with Crippen LogP contribution in [0.25, 0.3) is 17.0 Å². The second-order valence-electron chi connectivity index (χ2n) is 7.09. The number of aromatic nitrogens is 1. The average Bonchev–Trinajstić information content (AvgIpc) is 3.44. The number of nitrogens with zero attached hydrogens (tertiary/aromatic N) is 2. The highest BCUT2D eigenvalue weighted by Crippen LogP contribution is 2.28. The van der Waals surface area contributed by atoms with Crippen LogP contribution in [0, 0.1) is 0 Å². The highest BCUT2D eigenvalue weighted by molar-refractivity contribution is 7.80. The van der Waals surface area contributed by atoms with Crippen LogP contribution in [0.2, 0.25) is 0 Å². The number of para-hydroxylation sites is 1. The molecule has 0 spiro atoms. The average molecular weight is 423 g/mol. The van der Waals surface area contributed by atoms with Crippen molar-refractivity contribution in [2.75, 3.05) is 7.05 Å². The molecule has 1 fully saturated rings. The van der Waals surface area contributed by atoms with E-state index in [1.807, 2.05) is 29.0 Å². The maximum absolute atomic E-state index is 12.6. The predicted molar refractivity (Wildman–Crippen MR) is 118 cm³/mol. The number of hydrogen-bond donors (Lipinski definition) is 2. The first-order chi connectivity index (χ1) is 14.5. The van der Waals surface area contributed by atoms with Gasteiger partial charge in [0.2, 0.25) is 5.91 Å². The third-order valence-corrected chi connectivity index (χ3v) is 5.50. The Morgan fingerprint density at radius 2 is 2.13 bits per heavy atom. The van der Waals surface area contributed by atoms with E-state index in [0.29, 0.717) is 23.1 Å². The van der Waals surface area contributed by atoms with Gasteiger partial charge in [-0.1, -0.05) is 25.1 Å². The van der Waals surface area contributed by atoms with Crippen molar-refractivity contribution in [2.45, 2.75) is 26.4 Å². The van der Waals surface area contributed by atoms with Gasteiger partial charge in [0.25, 0.3) is 5.91 Å². The van der Waals surface area contributed by atoms with Crippen LogP contribution in [0.5, 0.6) is 0 Å². The van der Waals surface area contributed by atoms with E-state index in [2.05, 4.69) is 23.6 Å². The molecule has 0 aliphatic carbocycles. The number of thiocarbonyl (C=S) groups is 1. The fourth-order valence-electron chi connectivity index (χ4n) is 3.58. The number of carbonyl (C=O) groups is 2. The molecule has 2 aromatic heterocycles. The van der Waals surface area contributed by atoms with Gasteiger partial charge < -0.3 is 19.6 Å². The van der Waals surface area contributed by atoms with Gasteiger partial charge in [-0.3, -0.25) is 14.5 Å². The topological polar surface area (TPSA) is 79.5 Å². The lowest BCUT2D eigenvalue weighted by molar-refractivity contribution is -0.122. The van der Waals surface area contributed by atoms with Gasteiger partial charge in [0.05, 0.1) is 18.3 Å². The standard InChI is InChI=1S/C22H22N4O3S/c1-3-14-6-4-8-17-15(10-18-21(28)25(2)22(30)24-18)12-26(20(14)17)13-19(27)23-11-16-7-5-9-29-16/h4-10,12H,3,11,13H2,1-2H3,(H,23,27)(H,24,30)/b18-10-. The largest absolute Gasteiger partial charge is 0.467 e. The molecule has 0 radical (unpaired) electrons. The first-order valence-electron chi connectivity index (χ1n) is 9.68. The molecule has 30 heavy (non-hydrogen) atoms. The van der Waals surface area contributed by atoms with Gasteiger partial charge in [-0.15, -0.1) is 0 Å². The molecule has 1 saturated heterocycles. The lowest BCUT2D eigenvalue weighted by Crippen LogP contribution is -2.26.